The Labute approximate surface area is 149 Å². The second-order valence-corrected chi connectivity index (χ2v) is 8.38. The summed E-state index contributed by atoms with van der Waals surface area (Å²) in [5.74, 6) is -14.2. The molecule has 3 rings (SSSR count). The van der Waals surface area contributed by atoms with Crippen molar-refractivity contribution in [3.63, 3.8) is 0 Å². The van der Waals surface area contributed by atoms with Crippen LogP contribution in [-0.2, 0) is 0 Å². The van der Waals surface area contributed by atoms with Gasteiger partial charge >= 0.3 is 148 Å². The molecule has 1 nitrogen and oxygen atoms in total. The van der Waals surface area contributed by atoms with Gasteiger partial charge in [-0.2, -0.15) is 0 Å². The summed E-state index contributed by atoms with van der Waals surface area (Å²) in [4.78, 5) is 0. The Morgan fingerprint density at radius 3 is 1.22 bits per heavy atom. The molecule has 0 unspecified atom stereocenters. The van der Waals surface area contributed by atoms with E-state index in [-0.39, 0.29) is 0 Å². The summed E-state index contributed by atoms with van der Waals surface area (Å²) in [6.07, 6.45) is 0. The Kier molecular flexibility index (Phi) is 4.64. The van der Waals surface area contributed by atoms with Crippen LogP contribution in [0, 0.1) is 29.1 Å². The van der Waals surface area contributed by atoms with Crippen molar-refractivity contribution < 1.29 is 34.9 Å². The molecule has 0 aliphatic rings. The standard InChI is InChI=1S/C18H10F7OP/c19-13-14(20)16(22)18(17(23)15(13)21)26-27(24,25,11-7-3-1-4-8-11)12-9-5-2-6-10-12/h1-10H. The number of halogens is 7. The maximum atomic E-state index is 15.9. The molecule has 0 aliphatic heterocycles. The molecule has 0 radical (unpaired) electrons. The average Bonchev–Trinajstić information content (AvgIpc) is 2.70. The van der Waals surface area contributed by atoms with E-state index in [2.05, 4.69) is 4.52 Å². The van der Waals surface area contributed by atoms with Crippen LogP contribution >= 0.6 is 7.45 Å². The van der Waals surface area contributed by atoms with E-state index in [9.17, 15) is 22.0 Å². The third-order valence-electron chi connectivity index (χ3n) is 3.79. The molecule has 3 aromatic rings. The van der Waals surface area contributed by atoms with Gasteiger partial charge in [-0.1, -0.05) is 0 Å². The summed E-state index contributed by atoms with van der Waals surface area (Å²) in [6, 6.07) is 11.6. The van der Waals surface area contributed by atoms with E-state index in [0.29, 0.717) is 0 Å². The second-order valence-electron chi connectivity index (χ2n) is 5.50. The Bertz CT molecular complexity index is 921. The Balaban J connectivity index is 2.31. The van der Waals surface area contributed by atoms with Gasteiger partial charge in [0.25, 0.3) is 0 Å². The zero-order chi connectivity index (χ0) is 19.8. The van der Waals surface area contributed by atoms with Crippen molar-refractivity contribution >= 4 is 18.1 Å². The molecular formula is C18H10F7OP. The van der Waals surface area contributed by atoms with E-state index in [1.165, 1.54) is 36.4 Å². The van der Waals surface area contributed by atoms with Crippen molar-refractivity contribution in [2.24, 2.45) is 0 Å². The molecule has 0 bridgehead atoms. The van der Waals surface area contributed by atoms with Gasteiger partial charge < -0.3 is 0 Å². The zero-order valence-corrected chi connectivity index (χ0v) is 14.2. The molecule has 0 aromatic heterocycles. The van der Waals surface area contributed by atoms with Crippen LogP contribution in [-0.4, -0.2) is 0 Å². The third kappa shape index (κ3) is 3.04. The predicted molar refractivity (Wildman–Crippen MR) is 88.1 cm³/mol. The van der Waals surface area contributed by atoms with Gasteiger partial charge in [-0.05, 0) is 0 Å². The normalized spacial score (nSPS) is 13.1. The molecule has 0 N–H and O–H groups in total. The number of benzene rings is 3. The summed E-state index contributed by atoms with van der Waals surface area (Å²) in [5, 5.41) is -1.47. The maximum absolute atomic E-state index is 15.9. The van der Waals surface area contributed by atoms with Crippen LogP contribution < -0.4 is 15.1 Å². The second kappa shape index (κ2) is 6.53. The van der Waals surface area contributed by atoms with Crippen molar-refractivity contribution in [3.8, 4) is 5.75 Å². The Hall–Kier alpha value is -2.60. The van der Waals surface area contributed by atoms with E-state index in [4.69, 9.17) is 0 Å². The van der Waals surface area contributed by atoms with Crippen LogP contribution in [0.15, 0.2) is 60.7 Å². The fourth-order valence-corrected chi connectivity index (χ4v) is 4.76. The molecule has 27 heavy (non-hydrogen) atoms. The van der Waals surface area contributed by atoms with E-state index >= 15 is 8.39 Å². The minimum absolute atomic E-state index is 0.737. The van der Waals surface area contributed by atoms with Crippen LogP contribution in [0.2, 0.25) is 0 Å². The van der Waals surface area contributed by atoms with Crippen molar-refractivity contribution in [2.75, 3.05) is 0 Å². The molecule has 0 amide bonds. The molecule has 142 valence electrons. The van der Waals surface area contributed by atoms with Gasteiger partial charge in [-0.25, -0.2) is 0 Å². The van der Waals surface area contributed by atoms with Crippen LogP contribution in [0.1, 0.15) is 0 Å². The summed E-state index contributed by atoms with van der Waals surface area (Å²) in [5.41, 5.74) is 0. The van der Waals surface area contributed by atoms with Gasteiger partial charge in [0, 0.05) is 0 Å². The van der Waals surface area contributed by atoms with Gasteiger partial charge in [-0.3, -0.25) is 0 Å². The topological polar surface area (TPSA) is 9.23 Å². The summed E-state index contributed by atoms with van der Waals surface area (Å²) >= 11 is 0. The SMILES string of the molecule is Fc1c(F)c(F)c(OP(F)(F)(c2ccccc2)c2ccccc2)c(F)c1F. The summed E-state index contributed by atoms with van der Waals surface area (Å²) in [7, 11) is -6.81. The minimum atomic E-state index is -6.81. The average molecular weight is 406 g/mol. The molecule has 0 saturated carbocycles. The third-order valence-corrected chi connectivity index (χ3v) is 6.61. The molecule has 0 atom stereocenters. The predicted octanol–water partition coefficient (Wildman–Crippen LogP) is 5.65. The van der Waals surface area contributed by atoms with Crippen molar-refractivity contribution in [2.45, 2.75) is 0 Å². The molecule has 0 spiro atoms. The van der Waals surface area contributed by atoms with Crippen molar-refractivity contribution in [1.82, 2.24) is 0 Å². The molecule has 0 fully saturated rings. The zero-order valence-electron chi connectivity index (χ0n) is 13.3. The fraction of sp³-hybridized carbons (Fsp3) is 0. The monoisotopic (exact) mass is 406 g/mol. The first kappa shape index (κ1) is 19.2. The molecular weight excluding hydrogens is 396 g/mol. The van der Waals surface area contributed by atoms with Gasteiger partial charge in [-0.15, -0.1) is 0 Å². The molecule has 0 heterocycles. The van der Waals surface area contributed by atoms with Crippen LogP contribution in [0.4, 0.5) is 30.3 Å². The van der Waals surface area contributed by atoms with Crippen molar-refractivity contribution in [3.05, 3.63) is 89.7 Å². The van der Waals surface area contributed by atoms with Gasteiger partial charge in [0.05, 0.1) is 0 Å². The fourth-order valence-electron chi connectivity index (χ4n) is 2.43. The molecule has 9 heteroatoms. The summed E-state index contributed by atoms with van der Waals surface area (Å²) in [6.45, 7) is 0. The van der Waals surface area contributed by atoms with Crippen LogP contribution in [0.25, 0.3) is 0 Å². The van der Waals surface area contributed by atoms with Gasteiger partial charge in [0.15, 0.2) is 0 Å². The molecule has 3 aromatic carbocycles. The van der Waals surface area contributed by atoms with Gasteiger partial charge in [0.1, 0.15) is 0 Å². The van der Waals surface area contributed by atoms with E-state index in [1.54, 1.807) is 0 Å². The molecule has 0 aliphatic carbocycles. The number of rotatable bonds is 4. The van der Waals surface area contributed by atoms with E-state index in [0.717, 1.165) is 24.3 Å². The summed E-state index contributed by atoms with van der Waals surface area (Å²) < 4.78 is 104. The van der Waals surface area contributed by atoms with Crippen LogP contribution in [0.3, 0.4) is 0 Å². The number of hydrogen-bond donors (Lipinski definition) is 0. The first-order valence-electron chi connectivity index (χ1n) is 7.44. The Morgan fingerprint density at radius 2 is 0.852 bits per heavy atom. The van der Waals surface area contributed by atoms with Crippen LogP contribution in [0.5, 0.6) is 5.75 Å². The van der Waals surface area contributed by atoms with Gasteiger partial charge in [0.2, 0.25) is 0 Å². The van der Waals surface area contributed by atoms with Crippen molar-refractivity contribution in [1.29, 1.82) is 0 Å². The number of hydrogen-bond acceptors (Lipinski definition) is 1. The molecule has 0 saturated heterocycles. The first-order valence-corrected chi connectivity index (χ1v) is 9.37. The van der Waals surface area contributed by atoms with E-state index < -0.39 is 52.9 Å². The Morgan fingerprint density at radius 1 is 0.519 bits per heavy atom. The van der Waals surface area contributed by atoms with E-state index in [1.807, 2.05) is 0 Å². The quantitative estimate of drug-likeness (QED) is 0.236. The first-order chi connectivity index (χ1) is 12.7.